The number of aryl methyl sites for hydroxylation is 2. The van der Waals surface area contributed by atoms with Crippen LogP contribution in [-0.4, -0.2) is 23.4 Å². The highest BCUT2D eigenvalue weighted by Crippen LogP contribution is 2.36. The van der Waals surface area contributed by atoms with Crippen LogP contribution in [0.15, 0.2) is 12.4 Å². The van der Waals surface area contributed by atoms with Gasteiger partial charge in [0, 0.05) is 13.2 Å². The molecular weight excluding hydrogens is 186 g/mol. The van der Waals surface area contributed by atoms with E-state index in [4.69, 9.17) is 0 Å². The summed E-state index contributed by atoms with van der Waals surface area (Å²) in [6, 6.07) is 0. The number of hydrogen-bond acceptors (Lipinski definition) is 2. The Balaban J connectivity index is 1.74. The van der Waals surface area contributed by atoms with Crippen LogP contribution in [0.5, 0.6) is 0 Å². The molecule has 0 saturated heterocycles. The number of rotatable bonds is 5. The van der Waals surface area contributed by atoms with Gasteiger partial charge in [0.1, 0.15) is 0 Å². The van der Waals surface area contributed by atoms with Crippen LogP contribution in [0, 0.1) is 11.8 Å². The van der Waals surface area contributed by atoms with E-state index in [1.54, 1.807) is 0 Å². The van der Waals surface area contributed by atoms with Gasteiger partial charge in [-0.3, -0.25) is 4.68 Å². The molecule has 1 N–H and O–H groups in total. The molecule has 15 heavy (non-hydrogen) atoms. The molecule has 1 saturated carbocycles. The molecule has 3 heteroatoms. The Morgan fingerprint density at radius 3 is 2.80 bits per heavy atom. The van der Waals surface area contributed by atoms with E-state index in [-0.39, 0.29) is 0 Å². The van der Waals surface area contributed by atoms with E-state index >= 15 is 0 Å². The molecule has 0 radical (unpaired) electrons. The van der Waals surface area contributed by atoms with Gasteiger partial charge in [-0.15, -0.1) is 0 Å². The lowest BCUT2D eigenvalue weighted by Gasteiger charge is -2.36. The summed E-state index contributed by atoms with van der Waals surface area (Å²) in [5, 5.41) is 7.48. The summed E-state index contributed by atoms with van der Waals surface area (Å²) in [5.74, 6) is 1.87. The third kappa shape index (κ3) is 2.59. The summed E-state index contributed by atoms with van der Waals surface area (Å²) < 4.78 is 1.89. The largest absolute Gasteiger partial charge is 0.319 e. The predicted molar refractivity (Wildman–Crippen MR) is 61.7 cm³/mol. The van der Waals surface area contributed by atoms with Gasteiger partial charge in [-0.05, 0) is 56.7 Å². The zero-order chi connectivity index (χ0) is 10.7. The first kappa shape index (κ1) is 10.7. The van der Waals surface area contributed by atoms with E-state index in [9.17, 15) is 0 Å². The predicted octanol–water partition coefficient (Wildman–Crippen LogP) is 1.60. The lowest BCUT2D eigenvalue weighted by Crippen LogP contribution is -2.34. The average Bonchev–Trinajstić information content (AvgIpc) is 2.59. The lowest BCUT2D eigenvalue weighted by atomic mass is 9.71. The Labute approximate surface area is 91.9 Å². The van der Waals surface area contributed by atoms with Crippen LogP contribution in [0.4, 0.5) is 0 Å². The highest BCUT2D eigenvalue weighted by Gasteiger charge is 2.29. The first-order valence-electron chi connectivity index (χ1n) is 5.91. The Kier molecular flexibility index (Phi) is 3.41. The van der Waals surface area contributed by atoms with Crippen LogP contribution in [0.3, 0.4) is 0 Å². The monoisotopic (exact) mass is 207 g/mol. The van der Waals surface area contributed by atoms with Crippen molar-refractivity contribution in [2.45, 2.75) is 25.7 Å². The van der Waals surface area contributed by atoms with Gasteiger partial charge in [0.05, 0.1) is 6.20 Å². The molecule has 1 aliphatic carbocycles. The van der Waals surface area contributed by atoms with Gasteiger partial charge in [-0.25, -0.2) is 0 Å². The number of aromatic nitrogens is 2. The van der Waals surface area contributed by atoms with Crippen molar-refractivity contribution >= 4 is 0 Å². The van der Waals surface area contributed by atoms with Crippen molar-refractivity contribution in [2.24, 2.45) is 18.9 Å². The average molecular weight is 207 g/mol. The highest BCUT2D eigenvalue weighted by atomic mass is 15.2. The molecule has 0 amide bonds. The standard InChI is InChI=1S/C12H21N3/c1-13-8-12-6-5-11(12)4-3-10-7-14-15(2)9-10/h7,9,11-13H,3-6,8H2,1-2H3. The molecule has 0 bridgehead atoms. The van der Waals surface area contributed by atoms with Crippen LogP contribution in [0.25, 0.3) is 0 Å². The van der Waals surface area contributed by atoms with Gasteiger partial charge in [-0.2, -0.15) is 5.10 Å². The first-order chi connectivity index (χ1) is 7.29. The van der Waals surface area contributed by atoms with Crippen molar-refractivity contribution in [1.82, 2.24) is 15.1 Å². The van der Waals surface area contributed by atoms with Gasteiger partial charge in [0.15, 0.2) is 0 Å². The number of nitrogens with one attached hydrogen (secondary N) is 1. The summed E-state index contributed by atoms with van der Waals surface area (Å²) in [5.41, 5.74) is 1.38. The van der Waals surface area contributed by atoms with Crippen LogP contribution in [-0.2, 0) is 13.5 Å². The van der Waals surface area contributed by atoms with Gasteiger partial charge in [-0.1, -0.05) is 0 Å². The van der Waals surface area contributed by atoms with Crippen molar-refractivity contribution in [1.29, 1.82) is 0 Å². The maximum absolute atomic E-state index is 4.20. The maximum atomic E-state index is 4.20. The van der Waals surface area contributed by atoms with Crippen molar-refractivity contribution < 1.29 is 0 Å². The van der Waals surface area contributed by atoms with Crippen molar-refractivity contribution in [3.05, 3.63) is 18.0 Å². The van der Waals surface area contributed by atoms with Crippen LogP contribution in [0.2, 0.25) is 0 Å². The second-order valence-electron chi connectivity index (χ2n) is 4.72. The summed E-state index contributed by atoms with van der Waals surface area (Å²) >= 11 is 0. The fourth-order valence-corrected chi connectivity index (χ4v) is 2.50. The normalized spacial score (nSPS) is 25.2. The van der Waals surface area contributed by atoms with Crippen LogP contribution in [0.1, 0.15) is 24.8 Å². The number of hydrogen-bond donors (Lipinski definition) is 1. The van der Waals surface area contributed by atoms with E-state index < -0.39 is 0 Å². The van der Waals surface area contributed by atoms with E-state index in [0.29, 0.717) is 0 Å². The zero-order valence-electron chi connectivity index (χ0n) is 9.74. The van der Waals surface area contributed by atoms with Gasteiger partial charge >= 0.3 is 0 Å². The molecular formula is C12H21N3. The third-order valence-electron chi connectivity index (χ3n) is 3.60. The molecule has 1 fully saturated rings. The molecule has 2 rings (SSSR count). The molecule has 2 atom stereocenters. The Morgan fingerprint density at radius 1 is 1.47 bits per heavy atom. The molecule has 1 aromatic heterocycles. The van der Waals surface area contributed by atoms with Gasteiger partial charge < -0.3 is 5.32 Å². The number of nitrogens with zero attached hydrogens (tertiary/aromatic N) is 2. The van der Waals surface area contributed by atoms with Gasteiger partial charge in [0.2, 0.25) is 0 Å². The molecule has 0 aliphatic heterocycles. The second kappa shape index (κ2) is 4.79. The highest BCUT2D eigenvalue weighted by molar-refractivity contribution is 5.04. The molecule has 2 unspecified atom stereocenters. The van der Waals surface area contributed by atoms with Gasteiger partial charge in [0.25, 0.3) is 0 Å². The second-order valence-corrected chi connectivity index (χ2v) is 4.72. The Hall–Kier alpha value is -0.830. The zero-order valence-corrected chi connectivity index (χ0v) is 9.74. The SMILES string of the molecule is CNCC1CCC1CCc1cnn(C)c1. The van der Waals surface area contributed by atoms with Crippen LogP contribution < -0.4 is 5.32 Å². The topological polar surface area (TPSA) is 29.9 Å². The maximum Gasteiger partial charge on any atom is 0.0521 e. The van der Waals surface area contributed by atoms with Crippen LogP contribution >= 0.6 is 0 Å². The molecule has 0 aromatic carbocycles. The van der Waals surface area contributed by atoms with E-state index in [1.807, 2.05) is 17.9 Å². The Bertz CT molecular complexity index is 306. The third-order valence-corrected chi connectivity index (χ3v) is 3.60. The molecule has 84 valence electrons. The van der Waals surface area contributed by atoms with Crippen molar-refractivity contribution in [3.63, 3.8) is 0 Å². The minimum atomic E-state index is 0.923. The van der Waals surface area contributed by atoms with E-state index in [2.05, 4.69) is 23.7 Å². The molecule has 1 aliphatic rings. The summed E-state index contributed by atoms with van der Waals surface area (Å²) in [4.78, 5) is 0. The molecule has 1 aromatic rings. The summed E-state index contributed by atoms with van der Waals surface area (Å²) in [6.45, 7) is 1.19. The summed E-state index contributed by atoms with van der Waals surface area (Å²) in [7, 11) is 4.03. The van der Waals surface area contributed by atoms with E-state index in [0.717, 1.165) is 11.8 Å². The minimum absolute atomic E-state index is 0.923. The van der Waals surface area contributed by atoms with Crippen molar-refractivity contribution in [3.8, 4) is 0 Å². The molecule has 3 nitrogen and oxygen atoms in total. The fourth-order valence-electron chi connectivity index (χ4n) is 2.50. The van der Waals surface area contributed by atoms with Crippen molar-refractivity contribution in [2.75, 3.05) is 13.6 Å². The van der Waals surface area contributed by atoms with E-state index in [1.165, 1.54) is 37.8 Å². The minimum Gasteiger partial charge on any atom is -0.319 e. The molecule has 1 heterocycles. The fraction of sp³-hybridized carbons (Fsp3) is 0.750. The first-order valence-corrected chi connectivity index (χ1v) is 5.91. The molecule has 0 spiro atoms. The quantitative estimate of drug-likeness (QED) is 0.795. The Morgan fingerprint density at radius 2 is 2.27 bits per heavy atom. The summed E-state index contributed by atoms with van der Waals surface area (Å²) in [6.07, 6.45) is 9.49. The smallest absolute Gasteiger partial charge is 0.0521 e. The lowest BCUT2D eigenvalue weighted by molar-refractivity contribution is 0.163.